The van der Waals surface area contributed by atoms with Crippen LogP contribution in [0.5, 0.6) is 0 Å². The Balaban J connectivity index is 0.000000640. The monoisotopic (exact) mass is 230 g/mol. The molecular formula is C7H9PPd. The van der Waals surface area contributed by atoms with Crippen LogP contribution >= 0.6 is 9.24 Å². The van der Waals surface area contributed by atoms with Crippen molar-refractivity contribution >= 4 is 14.5 Å². The van der Waals surface area contributed by atoms with Crippen molar-refractivity contribution in [3.05, 3.63) is 29.8 Å². The van der Waals surface area contributed by atoms with Gasteiger partial charge in [0.1, 0.15) is 0 Å². The molecule has 1 unspecified atom stereocenters. The van der Waals surface area contributed by atoms with Crippen molar-refractivity contribution in [3.63, 3.8) is 0 Å². The molecule has 1 aromatic rings. The third-order valence-corrected chi connectivity index (χ3v) is 1.84. The number of rotatable bonds is 0. The summed E-state index contributed by atoms with van der Waals surface area (Å²) in [6, 6.07) is 8.26. The summed E-state index contributed by atoms with van der Waals surface area (Å²) in [5, 5.41) is 1.28. The van der Waals surface area contributed by atoms with E-state index < -0.39 is 0 Å². The summed E-state index contributed by atoms with van der Waals surface area (Å²) in [5.41, 5.74) is 1.33. The fraction of sp³-hybridized carbons (Fsp3) is 0.143. The SMILES string of the molecule is Cc1ccccc1P.[Pd]. The van der Waals surface area contributed by atoms with E-state index in [1.807, 2.05) is 12.1 Å². The fourth-order valence-corrected chi connectivity index (χ4v) is 0.794. The fourth-order valence-electron chi connectivity index (χ4n) is 0.587. The topological polar surface area (TPSA) is 0 Å². The van der Waals surface area contributed by atoms with Crippen molar-refractivity contribution < 1.29 is 20.4 Å². The molecule has 0 aliphatic carbocycles. The molecule has 0 saturated carbocycles. The normalized spacial score (nSPS) is 8.22. The van der Waals surface area contributed by atoms with Crippen molar-refractivity contribution in [1.29, 1.82) is 0 Å². The van der Waals surface area contributed by atoms with Gasteiger partial charge in [-0.1, -0.05) is 24.3 Å². The molecule has 0 aliphatic rings. The molecule has 0 radical (unpaired) electrons. The Kier molecular flexibility index (Phi) is 4.32. The third kappa shape index (κ3) is 2.59. The first-order valence-corrected chi connectivity index (χ1v) is 3.19. The Morgan fingerprint density at radius 2 is 1.78 bits per heavy atom. The quantitative estimate of drug-likeness (QED) is 0.468. The largest absolute Gasteiger partial charge is 0.105 e. The second-order valence-corrected chi connectivity index (χ2v) is 2.48. The van der Waals surface area contributed by atoms with Crippen LogP contribution in [-0.4, -0.2) is 0 Å². The van der Waals surface area contributed by atoms with Crippen molar-refractivity contribution in [3.8, 4) is 0 Å². The van der Waals surface area contributed by atoms with Crippen LogP contribution in [-0.2, 0) is 20.4 Å². The molecule has 0 nitrogen and oxygen atoms in total. The Hall–Kier alpha value is 0.312. The van der Waals surface area contributed by atoms with Crippen molar-refractivity contribution in [1.82, 2.24) is 0 Å². The zero-order valence-electron chi connectivity index (χ0n) is 5.20. The van der Waals surface area contributed by atoms with Crippen LogP contribution < -0.4 is 5.30 Å². The molecule has 0 heterocycles. The maximum absolute atomic E-state index is 2.69. The van der Waals surface area contributed by atoms with Crippen LogP contribution in [0.1, 0.15) is 5.56 Å². The van der Waals surface area contributed by atoms with Gasteiger partial charge in [0.25, 0.3) is 0 Å². The van der Waals surface area contributed by atoms with E-state index in [9.17, 15) is 0 Å². The van der Waals surface area contributed by atoms with Crippen LogP contribution in [0.4, 0.5) is 0 Å². The van der Waals surface area contributed by atoms with Crippen molar-refractivity contribution in [2.45, 2.75) is 6.92 Å². The number of hydrogen-bond donors (Lipinski definition) is 0. The molecule has 0 saturated heterocycles. The van der Waals surface area contributed by atoms with Gasteiger partial charge < -0.3 is 0 Å². The van der Waals surface area contributed by atoms with Crippen LogP contribution in [0.3, 0.4) is 0 Å². The van der Waals surface area contributed by atoms with Gasteiger partial charge in [0, 0.05) is 20.4 Å². The molecule has 0 fully saturated rings. The molecule has 0 N–H and O–H groups in total. The van der Waals surface area contributed by atoms with Gasteiger partial charge in [0.15, 0.2) is 0 Å². The van der Waals surface area contributed by atoms with Gasteiger partial charge >= 0.3 is 0 Å². The van der Waals surface area contributed by atoms with Crippen molar-refractivity contribution in [2.75, 3.05) is 0 Å². The summed E-state index contributed by atoms with van der Waals surface area (Å²) in [6.45, 7) is 2.10. The van der Waals surface area contributed by atoms with E-state index in [-0.39, 0.29) is 20.4 Å². The second-order valence-electron chi connectivity index (χ2n) is 1.86. The maximum atomic E-state index is 2.69. The van der Waals surface area contributed by atoms with Crippen LogP contribution in [0.25, 0.3) is 0 Å². The smallest absolute Gasteiger partial charge is 0 e. The second kappa shape index (κ2) is 4.18. The Morgan fingerprint density at radius 1 is 1.22 bits per heavy atom. The summed E-state index contributed by atoms with van der Waals surface area (Å²) in [6.07, 6.45) is 0. The summed E-state index contributed by atoms with van der Waals surface area (Å²) in [5.74, 6) is 0. The van der Waals surface area contributed by atoms with Gasteiger partial charge in [-0.25, -0.2) is 0 Å². The summed E-state index contributed by atoms with van der Waals surface area (Å²) < 4.78 is 0. The van der Waals surface area contributed by atoms with Gasteiger partial charge in [-0.3, -0.25) is 0 Å². The van der Waals surface area contributed by atoms with Gasteiger partial charge in [0.05, 0.1) is 0 Å². The molecule has 0 aromatic heterocycles. The van der Waals surface area contributed by atoms with Crippen LogP contribution in [0, 0.1) is 6.92 Å². The van der Waals surface area contributed by atoms with Gasteiger partial charge in [-0.05, 0) is 17.8 Å². The predicted molar refractivity (Wildman–Crippen MR) is 40.5 cm³/mol. The molecule has 1 atom stereocenters. The Morgan fingerprint density at radius 3 is 2.11 bits per heavy atom. The Bertz CT molecular complexity index is 165. The molecule has 0 amide bonds. The van der Waals surface area contributed by atoms with Gasteiger partial charge in [-0.15, -0.1) is 9.24 Å². The number of aryl methyl sites for hydroxylation is 1. The minimum atomic E-state index is 0. The molecule has 1 aromatic carbocycles. The average molecular weight is 231 g/mol. The summed E-state index contributed by atoms with van der Waals surface area (Å²) >= 11 is 0. The molecule has 0 spiro atoms. The standard InChI is InChI=1S/C7H9P.Pd/c1-6-4-2-3-5-7(6)8;/h2-5H,8H2,1H3;. The zero-order valence-corrected chi connectivity index (χ0v) is 7.91. The molecule has 9 heavy (non-hydrogen) atoms. The molecule has 1 rings (SSSR count). The molecule has 0 aliphatic heterocycles. The van der Waals surface area contributed by atoms with E-state index in [4.69, 9.17) is 0 Å². The van der Waals surface area contributed by atoms with Gasteiger partial charge in [0.2, 0.25) is 0 Å². The van der Waals surface area contributed by atoms with E-state index in [0.717, 1.165) is 0 Å². The average Bonchev–Trinajstić information content (AvgIpc) is 1.77. The van der Waals surface area contributed by atoms with E-state index >= 15 is 0 Å². The first-order chi connectivity index (χ1) is 3.80. The third-order valence-electron chi connectivity index (χ3n) is 1.19. The predicted octanol–water partition coefficient (Wildman–Crippen LogP) is 1.49. The number of hydrogen-bond acceptors (Lipinski definition) is 0. The first kappa shape index (κ1) is 9.31. The number of benzene rings is 1. The van der Waals surface area contributed by atoms with Crippen molar-refractivity contribution in [2.24, 2.45) is 0 Å². The minimum absolute atomic E-state index is 0. The first-order valence-electron chi connectivity index (χ1n) is 2.62. The maximum Gasteiger partial charge on any atom is 0 e. The summed E-state index contributed by atoms with van der Waals surface area (Å²) in [4.78, 5) is 0. The molecular weight excluding hydrogens is 221 g/mol. The summed E-state index contributed by atoms with van der Waals surface area (Å²) in [7, 11) is 2.69. The van der Waals surface area contributed by atoms with Crippen LogP contribution in [0.15, 0.2) is 24.3 Å². The van der Waals surface area contributed by atoms with E-state index in [2.05, 4.69) is 28.3 Å². The van der Waals surface area contributed by atoms with E-state index in [1.54, 1.807) is 0 Å². The van der Waals surface area contributed by atoms with E-state index in [0.29, 0.717) is 0 Å². The molecule has 2 heteroatoms. The zero-order chi connectivity index (χ0) is 5.98. The molecule has 0 bridgehead atoms. The molecule has 52 valence electrons. The minimum Gasteiger partial charge on any atom is -0.105 e. The van der Waals surface area contributed by atoms with Crippen LogP contribution in [0.2, 0.25) is 0 Å². The van der Waals surface area contributed by atoms with E-state index in [1.165, 1.54) is 10.9 Å². The Labute approximate surface area is 71.9 Å². The van der Waals surface area contributed by atoms with Gasteiger partial charge in [-0.2, -0.15) is 0 Å².